The number of rotatable bonds is 5. The summed E-state index contributed by atoms with van der Waals surface area (Å²) in [5, 5.41) is 13.1. The van der Waals surface area contributed by atoms with Crippen LogP contribution in [-0.2, 0) is 4.79 Å². The molecule has 0 spiro atoms. The number of amides is 3. The maximum absolute atomic E-state index is 11.6. The summed E-state index contributed by atoms with van der Waals surface area (Å²) in [5.74, 6) is -0.295. The Bertz CT molecular complexity index is 614. The van der Waals surface area contributed by atoms with Gasteiger partial charge in [-0.3, -0.25) is 14.7 Å². The van der Waals surface area contributed by atoms with Crippen molar-refractivity contribution >= 4 is 23.7 Å². The average molecular weight is 305 g/mol. The number of hydrogen-bond donors (Lipinski definition) is 2. The fraction of sp³-hybridized carbons (Fsp3) is 0.231. The van der Waals surface area contributed by atoms with E-state index in [9.17, 15) is 9.59 Å². The standard InChI is InChI=1S/C13H15N5O2S/c1-2-14-12(20)16-11(19)8-21-13-17-15-9-18(13)10-6-4-3-5-7-10/h3-7,9H,2,8H2,1H3,(H2,14,16,19,20). The molecule has 0 aliphatic rings. The molecule has 0 bridgehead atoms. The van der Waals surface area contributed by atoms with Crippen LogP contribution in [0, 0.1) is 0 Å². The molecule has 0 saturated heterocycles. The zero-order valence-corrected chi connectivity index (χ0v) is 12.3. The van der Waals surface area contributed by atoms with E-state index in [2.05, 4.69) is 20.8 Å². The second kappa shape index (κ2) is 7.44. The molecule has 0 saturated carbocycles. The van der Waals surface area contributed by atoms with Gasteiger partial charge in [0.2, 0.25) is 5.91 Å². The summed E-state index contributed by atoms with van der Waals surface area (Å²) in [6, 6.07) is 9.08. The van der Waals surface area contributed by atoms with Crippen LogP contribution in [0.1, 0.15) is 6.92 Å². The second-order valence-electron chi connectivity index (χ2n) is 4.02. The van der Waals surface area contributed by atoms with Gasteiger partial charge in [0.05, 0.1) is 5.75 Å². The molecular weight excluding hydrogens is 290 g/mol. The molecule has 1 aromatic heterocycles. The minimum atomic E-state index is -0.493. The van der Waals surface area contributed by atoms with E-state index in [1.54, 1.807) is 17.8 Å². The summed E-state index contributed by atoms with van der Waals surface area (Å²) in [6.45, 7) is 2.25. The molecule has 0 unspecified atom stereocenters. The van der Waals surface area contributed by atoms with Crippen LogP contribution in [0.15, 0.2) is 41.8 Å². The maximum atomic E-state index is 11.6. The van der Waals surface area contributed by atoms with Crippen LogP contribution in [0.5, 0.6) is 0 Å². The molecule has 21 heavy (non-hydrogen) atoms. The van der Waals surface area contributed by atoms with Crippen LogP contribution in [0.3, 0.4) is 0 Å². The Balaban J connectivity index is 1.94. The molecule has 1 aromatic carbocycles. The highest BCUT2D eigenvalue weighted by Crippen LogP contribution is 2.18. The van der Waals surface area contributed by atoms with Crippen molar-refractivity contribution in [1.82, 2.24) is 25.4 Å². The zero-order valence-electron chi connectivity index (χ0n) is 11.4. The number of benzene rings is 1. The van der Waals surface area contributed by atoms with Gasteiger partial charge in [0.1, 0.15) is 6.33 Å². The Hall–Kier alpha value is -2.35. The number of thioether (sulfide) groups is 1. The number of para-hydroxylation sites is 1. The Labute approximate surface area is 126 Å². The first-order valence-corrected chi connectivity index (χ1v) is 7.35. The third kappa shape index (κ3) is 4.32. The van der Waals surface area contributed by atoms with Crippen molar-refractivity contribution in [3.63, 3.8) is 0 Å². The van der Waals surface area contributed by atoms with Crippen LogP contribution in [0.4, 0.5) is 4.79 Å². The van der Waals surface area contributed by atoms with Gasteiger partial charge in [-0.25, -0.2) is 4.79 Å². The summed E-state index contributed by atoms with van der Waals surface area (Å²) in [4.78, 5) is 22.8. The van der Waals surface area contributed by atoms with E-state index in [4.69, 9.17) is 0 Å². The van der Waals surface area contributed by atoms with Crippen molar-refractivity contribution in [2.75, 3.05) is 12.3 Å². The summed E-state index contributed by atoms with van der Waals surface area (Å²) >= 11 is 1.21. The lowest BCUT2D eigenvalue weighted by atomic mass is 10.3. The minimum Gasteiger partial charge on any atom is -0.338 e. The quantitative estimate of drug-likeness (QED) is 0.810. The number of nitrogens with zero attached hydrogens (tertiary/aromatic N) is 3. The van der Waals surface area contributed by atoms with E-state index in [1.165, 1.54) is 11.8 Å². The van der Waals surface area contributed by atoms with Gasteiger partial charge in [0.15, 0.2) is 5.16 Å². The van der Waals surface area contributed by atoms with Gasteiger partial charge >= 0.3 is 6.03 Å². The molecule has 2 N–H and O–H groups in total. The predicted molar refractivity (Wildman–Crippen MR) is 79.3 cm³/mol. The number of imide groups is 1. The Morgan fingerprint density at radius 1 is 1.29 bits per heavy atom. The number of carbonyl (C=O) groups is 2. The molecule has 0 radical (unpaired) electrons. The Kier molecular flexibility index (Phi) is 5.33. The monoisotopic (exact) mass is 305 g/mol. The maximum Gasteiger partial charge on any atom is 0.321 e. The van der Waals surface area contributed by atoms with Crippen LogP contribution >= 0.6 is 11.8 Å². The van der Waals surface area contributed by atoms with Crippen molar-refractivity contribution < 1.29 is 9.59 Å². The summed E-state index contributed by atoms with van der Waals surface area (Å²) in [6.07, 6.45) is 1.58. The van der Waals surface area contributed by atoms with Crippen molar-refractivity contribution in [1.29, 1.82) is 0 Å². The lowest BCUT2D eigenvalue weighted by molar-refractivity contribution is -0.117. The highest BCUT2D eigenvalue weighted by Gasteiger charge is 2.11. The second-order valence-corrected chi connectivity index (χ2v) is 4.96. The lowest BCUT2D eigenvalue weighted by Crippen LogP contribution is -2.40. The molecule has 0 aliphatic carbocycles. The number of aromatic nitrogens is 3. The average Bonchev–Trinajstić information content (AvgIpc) is 2.94. The number of urea groups is 1. The predicted octanol–water partition coefficient (Wildman–Crippen LogP) is 1.21. The number of hydrogen-bond acceptors (Lipinski definition) is 5. The highest BCUT2D eigenvalue weighted by atomic mass is 32.2. The van der Waals surface area contributed by atoms with Crippen LogP contribution in [0.25, 0.3) is 5.69 Å². The molecule has 8 heteroatoms. The Morgan fingerprint density at radius 3 is 2.76 bits per heavy atom. The third-order valence-electron chi connectivity index (χ3n) is 2.47. The van der Waals surface area contributed by atoms with Gasteiger partial charge in [-0.2, -0.15) is 0 Å². The molecule has 0 aliphatic heterocycles. The van der Waals surface area contributed by atoms with E-state index in [-0.39, 0.29) is 11.7 Å². The van der Waals surface area contributed by atoms with E-state index < -0.39 is 6.03 Å². The first-order valence-electron chi connectivity index (χ1n) is 6.36. The molecular formula is C13H15N5O2S. The van der Waals surface area contributed by atoms with E-state index in [0.29, 0.717) is 11.7 Å². The molecule has 2 rings (SSSR count). The normalized spacial score (nSPS) is 10.1. The van der Waals surface area contributed by atoms with Gasteiger partial charge in [0, 0.05) is 12.2 Å². The summed E-state index contributed by atoms with van der Waals surface area (Å²) < 4.78 is 1.78. The smallest absolute Gasteiger partial charge is 0.321 e. The largest absolute Gasteiger partial charge is 0.338 e. The molecule has 0 atom stereocenters. The SMILES string of the molecule is CCNC(=O)NC(=O)CSc1nncn1-c1ccccc1. The van der Waals surface area contributed by atoms with E-state index >= 15 is 0 Å². The van der Waals surface area contributed by atoms with Crippen molar-refractivity contribution in [2.24, 2.45) is 0 Å². The molecule has 110 valence electrons. The van der Waals surface area contributed by atoms with Gasteiger partial charge in [-0.1, -0.05) is 30.0 Å². The lowest BCUT2D eigenvalue weighted by Gasteiger charge is -2.06. The molecule has 7 nitrogen and oxygen atoms in total. The number of carbonyl (C=O) groups excluding carboxylic acids is 2. The van der Waals surface area contributed by atoms with Gasteiger partial charge in [-0.15, -0.1) is 10.2 Å². The third-order valence-corrected chi connectivity index (χ3v) is 3.42. The fourth-order valence-corrected chi connectivity index (χ4v) is 2.31. The molecule has 0 fully saturated rings. The highest BCUT2D eigenvalue weighted by molar-refractivity contribution is 7.99. The van der Waals surface area contributed by atoms with Gasteiger partial charge in [-0.05, 0) is 19.1 Å². The fourth-order valence-electron chi connectivity index (χ4n) is 1.59. The zero-order chi connectivity index (χ0) is 15.1. The Morgan fingerprint density at radius 2 is 2.05 bits per heavy atom. The first kappa shape index (κ1) is 15.0. The van der Waals surface area contributed by atoms with Crippen molar-refractivity contribution in [3.8, 4) is 5.69 Å². The van der Waals surface area contributed by atoms with Crippen LogP contribution in [-0.4, -0.2) is 39.0 Å². The van der Waals surface area contributed by atoms with Gasteiger partial charge < -0.3 is 5.32 Å². The topological polar surface area (TPSA) is 88.9 Å². The number of nitrogens with one attached hydrogen (secondary N) is 2. The van der Waals surface area contributed by atoms with E-state index in [0.717, 1.165) is 5.69 Å². The summed E-state index contributed by atoms with van der Waals surface area (Å²) in [7, 11) is 0. The molecule has 2 aromatic rings. The molecule has 3 amide bonds. The molecule has 1 heterocycles. The minimum absolute atomic E-state index is 0.0860. The van der Waals surface area contributed by atoms with E-state index in [1.807, 2.05) is 30.3 Å². The first-order chi connectivity index (χ1) is 10.2. The van der Waals surface area contributed by atoms with Gasteiger partial charge in [0.25, 0.3) is 0 Å². The summed E-state index contributed by atoms with van der Waals surface area (Å²) in [5.41, 5.74) is 0.911. The van der Waals surface area contributed by atoms with Crippen LogP contribution < -0.4 is 10.6 Å². The van der Waals surface area contributed by atoms with Crippen LogP contribution in [0.2, 0.25) is 0 Å². The van der Waals surface area contributed by atoms with Crippen molar-refractivity contribution in [2.45, 2.75) is 12.1 Å². The van der Waals surface area contributed by atoms with Crippen molar-refractivity contribution in [3.05, 3.63) is 36.7 Å².